The fourth-order valence-electron chi connectivity index (χ4n) is 3.21. The van der Waals surface area contributed by atoms with Crippen LogP contribution in [0.4, 0.5) is 0 Å². The van der Waals surface area contributed by atoms with Gasteiger partial charge in [0.25, 0.3) is 0 Å². The Morgan fingerprint density at radius 2 is 2.17 bits per heavy atom. The van der Waals surface area contributed by atoms with Crippen molar-refractivity contribution in [3.05, 3.63) is 53.9 Å². The number of fused-ring (bicyclic) bond motifs is 1. The highest BCUT2D eigenvalue weighted by molar-refractivity contribution is 5.76. The van der Waals surface area contributed by atoms with Crippen LogP contribution in [0.25, 0.3) is 11.0 Å². The number of hydrogen-bond acceptors (Lipinski definition) is 6. The zero-order chi connectivity index (χ0) is 16.2. The SMILES string of the molecule is c1ccc(CO[C@H]2CCCN(Cc3cccc4nonc34)C2)nc1. The normalized spacial score (nSPS) is 18.9. The van der Waals surface area contributed by atoms with Gasteiger partial charge in [-0.15, -0.1) is 0 Å². The number of benzene rings is 1. The lowest BCUT2D eigenvalue weighted by Gasteiger charge is -2.32. The molecule has 1 atom stereocenters. The molecule has 124 valence electrons. The summed E-state index contributed by atoms with van der Waals surface area (Å²) in [6.07, 6.45) is 4.28. The Morgan fingerprint density at radius 1 is 1.17 bits per heavy atom. The molecular formula is C18H20N4O2. The standard InChI is InChI=1S/C18H20N4O2/c1-2-9-19-15(6-1)13-23-16-7-4-10-22(12-16)11-14-5-3-8-17-18(14)21-24-20-17/h1-3,5-6,8-9,16H,4,7,10-13H2/t16-/m0/s1. The number of piperidine rings is 1. The van der Waals surface area contributed by atoms with Crippen LogP contribution in [0.5, 0.6) is 0 Å². The van der Waals surface area contributed by atoms with Gasteiger partial charge in [0.2, 0.25) is 0 Å². The summed E-state index contributed by atoms with van der Waals surface area (Å²) in [7, 11) is 0. The summed E-state index contributed by atoms with van der Waals surface area (Å²) in [5.41, 5.74) is 3.80. The summed E-state index contributed by atoms with van der Waals surface area (Å²) in [4.78, 5) is 6.73. The zero-order valence-corrected chi connectivity index (χ0v) is 13.5. The minimum Gasteiger partial charge on any atom is -0.371 e. The molecule has 0 aliphatic carbocycles. The third-order valence-electron chi connectivity index (χ3n) is 4.42. The predicted octanol–water partition coefficient (Wildman–Crippen LogP) is 2.80. The molecule has 1 aromatic carbocycles. The van der Waals surface area contributed by atoms with Gasteiger partial charge in [-0.2, -0.15) is 0 Å². The Balaban J connectivity index is 1.37. The topological polar surface area (TPSA) is 64.3 Å². The molecule has 0 bridgehead atoms. The van der Waals surface area contributed by atoms with Gasteiger partial charge in [-0.3, -0.25) is 9.88 Å². The molecule has 1 aliphatic rings. The molecule has 1 fully saturated rings. The van der Waals surface area contributed by atoms with Gasteiger partial charge in [0.1, 0.15) is 11.0 Å². The van der Waals surface area contributed by atoms with Crippen molar-refractivity contribution >= 4 is 11.0 Å². The van der Waals surface area contributed by atoms with Crippen molar-refractivity contribution in [1.29, 1.82) is 0 Å². The molecule has 24 heavy (non-hydrogen) atoms. The third kappa shape index (κ3) is 3.44. The Kier molecular flexibility index (Phi) is 4.49. The second kappa shape index (κ2) is 7.07. The third-order valence-corrected chi connectivity index (χ3v) is 4.42. The zero-order valence-electron chi connectivity index (χ0n) is 13.5. The Labute approximate surface area is 140 Å². The Hall–Kier alpha value is -2.31. The molecule has 1 aliphatic heterocycles. The van der Waals surface area contributed by atoms with Crippen LogP contribution >= 0.6 is 0 Å². The van der Waals surface area contributed by atoms with E-state index in [4.69, 9.17) is 9.37 Å². The van der Waals surface area contributed by atoms with Crippen LogP contribution < -0.4 is 0 Å². The monoisotopic (exact) mass is 324 g/mol. The summed E-state index contributed by atoms with van der Waals surface area (Å²) in [5.74, 6) is 0. The van der Waals surface area contributed by atoms with E-state index in [1.165, 1.54) is 0 Å². The Morgan fingerprint density at radius 3 is 3.08 bits per heavy atom. The summed E-state index contributed by atoms with van der Waals surface area (Å²) >= 11 is 0. The van der Waals surface area contributed by atoms with E-state index in [0.29, 0.717) is 6.61 Å². The molecule has 0 N–H and O–H groups in total. The molecule has 0 unspecified atom stereocenters. The number of pyridine rings is 1. The van der Waals surface area contributed by atoms with E-state index < -0.39 is 0 Å². The van der Waals surface area contributed by atoms with Crippen LogP contribution in [0, 0.1) is 0 Å². The average molecular weight is 324 g/mol. The number of likely N-dealkylation sites (tertiary alicyclic amines) is 1. The largest absolute Gasteiger partial charge is 0.371 e. The highest BCUT2D eigenvalue weighted by atomic mass is 16.6. The first-order valence-corrected chi connectivity index (χ1v) is 8.32. The summed E-state index contributed by atoms with van der Waals surface area (Å²) in [5, 5.41) is 7.94. The van der Waals surface area contributed by atoms with Gasteiger partial charge in [0, 0.05) is 19.3 Å². The van der Waals surface area contributed by atoms with Crippen LogP contribution in [-0.2, 0) is 17.9 Å². The van der Waals surface area contributed by atoms with E-state index >= 15 is 0 Å². The smallest absolute Gasteiger partial charge is 0.139 e. The van der Waals surface area contributed by atoms with Crippen molar-refractivity contribution in [3.8, 4) is 0 Å². The molecule has 6 heteroatoms. The van der Waals surface area contributed by atoms with Crippen molar-refractivity contribution in [3.63, 3.8) is 0 Å². The maximum atomic E-state index is 6.06. The van der Waals surface area contributed by atoms with E-state index in [1.807, 2.05) is 30.3 Å². The molecule has 3 aromatic rings. The van der Waals surface area contributed by atoms with E-state index in [-0.39, 0.29) is 6.10 Å². The Bertz CT molecular complexity index is 790. The highest BCUT2D eigenvalue weighted by Gasteiger charge is 2.21. The molecule has 3 heterocycles. The van der Waals surface area contributed by atoms with Gasteiger partial charge >= 0.3 is 0 Å². The van der Waals surface area contributed by atoms with Crippen molar-refractivity contribution in [2.45, 2.75) is 32.1 Å². The second-order valence-electron chi connectivity index (χ2n) is 6.18. The summed E-state index contributed by atoms with van der Waals surface area (Å²) < 4.78 is 10.9. The molecule has 0 saturated carbocycles. The van der Waals surface area contributed by atoms with E-state index in [2.05, 4.69) is 26.3 Å². The van der Waals surface area contributed by atoms with Crippen molar-refractivity contribution in [2.75, 3.05) is 13.1 Å². The van der Waals surface area contributed by atoms with Crippen LogP contribution in [-0.4, -0.2) is 39.4 Å². The predicted molar refractivity (Wildman–Crippen MR) is 89.1 cm³/mol. The lowest BCUT2D eigenvalue weighted by molar-refractivity contribution is -0.0132. The fourth-order valence-corrected chi connectivity index (χ4v) is 3.21. The quantitative estimate of drug-likeness (QED) is 0.719. The number of aromatic nitrogens is 3. The van der Waals surface area contributed by atoms with Crippen LogP contribution in [0.3, 0.4) is 0 Å². The first kappa shape index (κ1) is 15.2. The van der Waals surface area contributed by atoms with E-state index in [1.54, 1.807) is 6.20 Å². The maximum absolute atomic E-state index is 6.06. The minimum absolute atomic E-state index is 0.246. The highest BCUT2D eigenvalue weighted by Crippen LogP contribution is 2.20. The van der Waals surface area contributed by atoms with Crippen LogP contribution in [0.2, 0.25) is 0 Å². The molecular weight excluding hydrogens is 304 g/mol. The molecule has 1 saturated heterocycles. The first-order chi connectivity index (χ1) is 11.9. The summed E-state index contributed by atoms with van der Waals surface area (Å²) in [6, 6.07) is 11.9. The molecule has 2 aromatic heterocycles. The van der Waals surface area contributed by atoms with E-state index in [0.717, 1.165) is 54.8 Å². The van der Waals surface area contributed by atoms with Gasteiger partial charge < -0.3 is 4.74 Å². The van der Waals surface area contributed by atoms with Crippen molar-refractivity contribution < 1.29 is 9.37 Å². The number of rotatable bonds is 5. The van der Waals surface area contributed by atoms with Gasteiger partial charge in [-0.25, -0.2) is 4.63 Å². The number of hydrogen-bond donors (Lipinski definition) is 0. The lowest BCUT2D eigenvalue weighted by atomic mass is 10.1. The number of ether oxygens (including phenoxy) is 1. The van der Waals surface area contributed by atoms with E-state index in [9.17, 15) is 0 Å². The van der Waals surface area contributed by atoms with Gasteiger partial charge in [-0.05, 0) is 53.5 Å². The summed E-state index contributed by atoms with van der Waals surface area (Å²) in [6.45, 7) is 3.41. The molecule has 0 spiro atoms. The molecule has 4 rings (SSSR count). The van der Waals surface area contributed by atoms with Crippen LogP contribution in [0.15, 0.2) is 47.2 Å². The molecule has 0 radical (unpaired) electrons. The number of nitrogens with zero attached hydrogens (tertiary/aromatic N) is 4. The van der Waals surface area contributed by atoms with Crippen molar-refractivity contribution in [1.82, 2.24) is 20.2 Å². The van der Waals surface area contributed by atoms with Gasteiger partial charge in [0.05, 0.1) is 18.4 Å². The first-order valence-electron chi connectivity index (χ1n) is 8.32. The maximum Gasteiger partial charge on any atom is 0.139 e. The minimum atomic E-state index is 0.246. The van der Waals surface area contributed by atoms with Gasteiger partial charge in [0.15, 0.2) is 0 Å². The lowest BCUT2D eigenvalue weighted by Crippen LogP contribution is -2.39. The fraction of sp³-hybridized carbons (Fsp3) is 0.389. The second-order valence-corrected chi connectivity index (χ2v) is 6.18. The molecule has 0 amide bonds. The van der Waals surface area contributed by atoms with Crippen LogP contribution in [0.1, 0.15) is 24.1 Å². The average Bonchev–Trinajstić information content (AvgIpc) is 3.11. The van der Waals surface area contributed by atoms with Crippen molar-refractivity contribution in [2.24, 2.45) is 0 Å². The molecule has 6 nitrogen and oxygen atoms in total. The van der Waals surface area contributed by atoms with Gasteiger partial charge in [-0.1, -0.05) is 18.2 Å².